The molecule has 1 atom stereocenters. The number of benzene rings is 2. The third-order valence-corrected chi connectivity index (χ3v) is 7.43. The van der Waals surface area contributed by atoms with E-state index in [-0.39, 0.29) is 16.2 Å². The van der Waals surface area contributed by atoms with E-state index in [2.05, 4.69) is 72.9 Å². The summed E-state index contributed by atoms with van der Waals surface area (Å²) in [5.41, 5.74) is 5.08. The summed E-state index contributed by atoms with van der Waals surface area (Å²) >= 11 is 8.76. The lowest BCUT2D eigenvalue weighted by Gasteiger charge is -2.50. The van der Waals surface area contributed by atoms with E-state index >= 15 is 0 Å². The minimum atomic E-state index is -0.476. The highest BCUT2D eigenvalue weighted by Crippen LogP contribution is 2.45. The van der Waals surface area contributed by atoms with E-state index in [1.54, 1.807) is 18.2 Å². The molecule has 2 aromatic carbocycles. The van der Waals surface area contributed by atoms with Crippen molar-refractivity contribution in [2.75, 3.05) is 9.80 Å². The Balaban J connectivity index is 1.79. The molecular formula is C27H30BrN3O2S. The van der Waals surface area contributed by atoms with E-state index in [1.807, 2.05) is 19.1 Å². The van der Waals surface area contributed by atoms with Crippen LogP contribution >= 0.6 is 28.1 Å². The van der Waals surface area contributed by atoms with Crippen molar-refractivity contribution in [3.8, 4) is 0 Å². The molecule has 34 heavy (non-hydrogen) atoms. The zero-order valence-corrected chi connectivity index (χ0v) is 22.8. The molecule has 7 heteroatoms. The van der Waals surface area contributed by atoms with Crippen LogP contribution in [0.2, 0.25) is 0 Å². The number of nitrogens with one attached hydrogen (secondary N) is 1. The average Bonchev–Trinajstić information content (AvgIpc) is 2.70. The molecule has 2 amide bonds. The Morgan fingerprint density at radius 3 is 2.56 bits per heavy atom. The van der Waals surface area contributed by atoms with E-state index in [0.717, 1.165) is 22.0 Å². The minimum absolute atomic E-state index is 0.0480. The highest BCUT2D eigenvalue weighted by atomic mass is 79.9. The summed E-state index contributed by atoms with van der Waals surface area (Å²) in [4.78, 5) is 30.1. The molecule has 0 bridgehead atoms. The maximum Gasteiger partial charge on any atom is 0.270 e. The predicted octanol–water partition coefficient (Wildman–Crippen LogP) is 6.09. The van der Waals surface area contributed by atoms with Gasteiger partial charge in [0.1, 0.15) is 5.57 Å². The van der Waals surface area contributed by atoms with Gasteiger partial charge in [0, 0.05) is 21.7 Å². The Morgan fingerprint density at radius 1 is 1.21 bits per heavy atom. The normalized spacial score (nSPS) is 21.2. The number of halogens is 1. The van der Waals surface area contributed by atoms with Crippen molar-refractivity contribution in [2.45, 2.75) is 65.5 Å². The zero-order chi connectivity index (χ0) is 24.9. The molecule has 178 valence electrons. The molecule has 1 saturated heterocycles. The maximum atomic E-state index is 13.4. The van der Waals surface area contributed by atoms with Gasteiger partial charge in [0.15, 0.2) is 5.11 Å². The first kappa shape index (κ1) is 24.6. The van der Waals surface area contributed by atoms with Crippen LogP contribution in [0.15, 0.2) is 46.4 Å². The fourth-order valence-corrected chi connectivity index (χ4v) is 6.08. The summed E-state index contributed by atoms with van der Waals surface area (Å²) in [6.07, 6.45) is 2.73. The highest BCUT2D eigenvalue weighted by Gasteiger charge is 2.38. The summed E-state index contributed by atoms with van der Waals surface area (Å²) in [6, 6.07) is 12.0. The first-order chi connectivity index (χ1) is 15.9. The van der Waals surface area contributed by atoms with Gasteiger partial charge in [0.2, 0.25) is 0 Å². The Kier molecular flexibility index (Phi) is 6.46. The van der Waals surface area contributed by atoms with Gasteiger partial charge in [0.05, 0.1) is 5.69 Å². The van der Waals surface area contributed by atoms with E-state index < -0.39 is 11.8 Å². The van der Waals surface area contributed by atoms with Crippen molar-refractivity contribution in [2.24, 2.45) is 0 Å². The van der Waals surface area contributed by atoms with Gasteiger partial charge in [-0.05, 0) is 112 Å². The largest absolute Gasteiger partial charge is 0.364 e. The van der Waals surface area contributed by atoms with E-state index in [0.29, 0.717) is 17.6 Å². The quantitative estimate of drug-likeness (QED) is 0.291. The van der Waals surface area contributed by atoms with Crippen molar-refractivity contribution in [1.29, 1.82) is 0 Å². The second-order valence-corrected chi connectivity index (χ2v) is 11.4. The molecular weight excluding hydrogens is 510 g/mol. The molecule has 0 unspecified atom stereocenters. The number of hydrogen-bond donors (Lipinski definition) is 1. The van der Waals surface area contributed by atoms with Crippen LogP contribution in [0.5, 0.6) is 0 Å². The van der Waals surface area contributed by atoms with Crippen LogP contribution in [0.4, 0.5) is 11.4 Å². The Hall–Kier alpha value is -2.51. The molecule has 2 heterocycles. The first-order valence-electron chi connectivity index (χ1n) is 11.5. The third kappa shape index (κ3) is 4.31. The smallest absolute Gasteiger partial charge is 0.270 e. The summed E-state index contributed by atoms with van der Waals surface area (Å²) in [7, 11) is 0. The van der Waals surface area contributed by atoms with Crippen LogP contribution in [0, 0.1) is 6.92 Å². The van der Waals surface area contributed by atoms with Crippen LogP contribution in [0.25, 0.3) is 6.08 Å². The minimum Gasteiger partial charge on any atom is -0.364 e. The number of rotatable bonds is 3. The van der Waals surface area contributed by atoms with Crippen LogP contribution in [0.3, 0.4) is 0 Å². The second-order valence-electron chi connectivity index (χ2n) is 10.1. The van der Waals surface area contributed by atoms with Crippen molar-refractivity contribution < 1.29 is 9.59 Å². The number of anilines is 2. The maximum absolute atomic E-state index is 13.4. The SMILES string of the molecule is Cc1cc2c(cc1/C=C1\C(=O)NC(=S)N(c3cccc(Br)c3)C1=O)[C@H](C)CC(C)(C)N2C(C)C. The topological polar surface area (TPSA) is 52.7 Å². The van der Waals surface area contributed by atoms with E-state index in [4.69, 9.17) is 12.2 Å². The van der Waals surface area contributed by atoms with Gasteiger partial charge in [-0.15, -0.1) is 0 Å². The van der Waals surface area contributed by atoms with Crippen LogP contribution in [-0.4, -0.2) is 28.5 Å². The monoisotopic (exact) mass is 539 g/mol. The molecule has 5 nitrogen and oxygen atoms in total. The third-order valence-electron chi connectivity index (χ3n) is 6.65. The molecule has 4 rings (SSSR count). The Bertz CT molecular complexity index is 1230. The lowest BCUT2D eigenvalue weighted by atomic mass is 9.78. The Labute approximate surface area is 215 Å². The lowest BCUT2D eigenvalue weighted by molar-refractivity contribution is -0.122. The fourth-order valence-electron chi connectivity index (χ4n) is 5.41. The second kappa shape index (κ2) is 8.93. The van der Waals surface area contributed by atoms with Gasteiger partial charge >= 0.3 is 0 Å². The summed E-state index contributed by atoms with van der Waals surface area (Å²) in [5, 5.41) is 2.76. The van der Waals surface area contributed by atoms with Crippen LogP contribution in [-0.2, 0) is 9.59 Å². The Morgan fingerprint density at radius 2 is 1.91 bits per heavy atom. The molecule has 2 aliphatic heterocycles. The van der Waals surface area contributed by atoms with Gasteiger partial charge in [-0.25, -0.2) is 0 Å². The van der Waals surface area contributed by atoms with Crippen LogP contribution in [0.1, 0.15) is 63.6 Å². The van der Waals surface area contributed by atoms with Gasteiger partial charge in [-0.1, -0.05) is 28.9 Å². The number of hydrogen-bond acceptors (Lipinski definition) is 4. The van der Waals surface area contributed by atoms with E-state index in [1.165, 1.54) is 16.2 Å². The number of aryl methyl sites for hydroxylation is 1. The molecule has 0 aromatic heterocycles. The molecule has 2 aromatic rings. The predicted molar refractivity (Wildman–Crippen MR) is 146 cm³/mol. The molecule has 0 saturated carbocycles. The van der Waals surface area contributed by atoms with Gasteiger partial charge in [0.25, 0.3) is 11.8 Å². The van der Waals surface area contributed by atoms with Gasteiger partial charge in [-0.2, -0.15) is 0 Å². The van der Waals surface area contributed by atoms with Gasteiger partial charge < -0.3 is 4.90 Å². The number of carbonyl (C=O) groups is 2. The molecule has 0 radical (unpaired) electrons. The number of amides is 2. The molecule has 1 fully saturated rings. The van der Waals surface area contributed by atoms with Crippen molar-refractivity contribution in [3.63, 3.8) is 0 Å². The molecule has 1 N–H and O–H groups in total. The van der Waals surface area contributed by atoms with Crippen molar-refractivity contribution in [3.05, 3.63) is 63.1 Å². The van der Waals surface area contributed by atoms with Crippen LogP contribution < -0.4 is 15.1 Å². The zero-order valence-electron chi connectivity index (χ0n) is 20.4. The summed E-state index contributed by atoms with van der Waals surface area (Å²) < 4.78 is 0.820. The molecule has 2 aliphatic rings. The summed E-state index contributed by atoms with van der Waals surface area (Å²) in [6.45, 7) is 13.3. The fraction of sp³-hybridized carbons (Fsp3) is 0.370. The summed E-state index contributed by atoms with van der Waals surface area (Å²) in [5.74, 6) is -0.544. The van der Waals surface area contributed by atoms with Gasteiger partial charge in [-0.3, -0.25) is 19.8 Å². The average molecular weight is 541 g/mol. The number of carbonyl (C=O) groups excluding carboxylic acids is 2. The first-order valence-corrected chi connectivity index (χ1v) is 12.7. The number of fused-ring (bicyclic) bond motifs is 1. The van der Waals surface area contributed by atoms with E-state index in [9.17, 15) is 9.59 Å². The lowest BCUT2D eigenvalue weighted by Crippen LogP contribution is -2.54. The standard InChI is InChI=1S/C27H30BrN3O2S/c1-15(2)31-23-10-16(3)18(11-21(23)17(4)14-27(31,5)6)12-22-24(32)29-26(34)30(25(22)33)20-9-7-8-19(28)13-20/h7-13,15,17H,14H2,1-6H3,(H,29,32,34)/b22-12+/t17-/m1/s1. The van der Waals surface area contributed by atoms with Crippen molar-refractivity contribution in [1.82, 2.24) is 5.32 Å². The molecule has 0 aliphatic carbocycles. The molecule has 0 spiro atoms. The highest BCUT2D eigenvalue weighted by molar-refractivity contribution is 9.10. The van der Waals surface area contributed by atoms with Crippen molar-refractivity contribution >= 4 is 62.5 Å². The number of nitrogens with zero attached hydrogens (tertiary/aromatic N) is 2. The number of thiocarbonyl (C=S) groups is 1.